The van der Waals surface area contributed by atoms with Crippen LogP contribution in [0.2, 0.25) is 0 Å². The van der Waals surface area contributed by atoms with Crippen LogP contribution < -0.4 is 0 Å². The zero-order valence-corrected chi connectivity index (χ0v) is 18.6. The van der Waals surface area contributed by atoms with Crippen molar-refractivity contribution in [3.8, 4) is 0 Å². The lowest BCUT2D eigenvalue weighted by Crippen LogP contribution is -2.58. The third-order valence-corrected chi connectivity index (χ3v) is 6.81. The van der Waals surface area contributed by atoms with Crippen molar-refractivity contribution in [3.63, 3.8) is 0 Å². The number of amides is 4. The third kappa shape index (κ3) is 2.83. The van der Waals surface area contributed by atoms with Crippen LogP contribution in [0, 0.1) is 0 Å². The molecule has 2 aromatic rings. The Morgan fingerprint density at radius 1 is 0.750 bits per heavy atom. The highest BCUT2D eigenvalue weighted by molar-refractivity contribution is 6.33. The molecule has 2 aromatic carbocycles. The minimum Gasteiger partial charge on any atom is -0.304 e. The topological polar surface area (TPSA) is 81.2 Å². The van der Waals surface area contributed by atoms with E-state index in [0.717, 1.165) is 19.5 Å². The van der Waals surface area contributed by atoms with E-state index >= 15 is 0 Å². The second-order valence-corrected chi connectivity index (χ2v) is 8.87. The van der Waals surface area contributed by atoms with Crippen molar-refractivity contribution in [2.75, 3.05) is 33.2 Å². The first-order valence-corrected chi connectivity index (χ1v) is 11.1. The molecule has 0 aliphatic carbocycles. The summed E-state index contributed by atoms with van der Waals surface area (Å²) in [5, 5.41) is 3.87. The number of piperazine rings is 1. The Bertz CT molecular complexity index is 1110. The zero-order valence-electron chi connectivity index (χ0n) is 18.6. The molecule has 5 rings (SSSR count). The summed E-state index contributed by atoms with van der Waals surface area (Å²) >= 11 is 0. The van der Waals surface area contributed by atoms with Gasteiger partial charge in [0.1, 0.15) is 0 Å². The van der Waals surface area contributed by atoms with Gasteiger partial charge in [0.05, 0.1) is 11.1 Å². The van der Waals surface area contributed by atoms with Crippen molar-refractivity contribution >= 4 is 34.4 Å². The van der Waals surface area contributed by atoms with Gasteiger partial charge in [0.15, 0.2) is 0 Å². The Morgan fingerprint density at radius 2 is 1.19 bits per heavy atom. The molecule has 1 atom stereocenters. The molecule has 0 saturated carbocycles. The molecule has 8 nitrogen and oxygen atoms in total. The Morgan fingerprint density at radius 3 is 1.62 bits per heavy atom. The van der Waals surface area contributed by atoms with E-state index in [2.05, 4.69) is 4.90 Å². The van der Waals surface area contributed by atoms with Crippen LogP contribution in [-0.2, 0) is 0 Å². The average Bonchev–Trinajstić information content (AvgIpc) is 2.77. The summed E-state index contributed by atoms with van der Waals surface area (Å²) in [5.41, 5.74) is 1.46. The smallest absolute Gasteiger partial charge is 0.276 e. The first-order valence-electron chi connectivity index (χ1n) is 11.1. The molecule has 4 amide bonds. The molecule has 1 unspecified atom stereocenters. The van der Waals surface area contributed by atoms with E-state index in [4.69, 9.17) is 0 Å². The number of hydrogen-bond donors (Lipinski definition) is 0. The maximum Gasteiger partial charge on any atom is 0.276 e. The molecule has 8 heteroatoms. The molecule has 32 heavy (non-hydrogen) atoms. The molecule has 1 saturated heterocycles. The number of hydrazine groups is 1. The fourth-order valence-corrected chi connectivity index (χ4v) is 5.08. The van der Waals surface area contributed by atoms with Gasteiger partial charge in [-0.3, -0.25) is 24.1 Å². The summed E-state index contributed by atoms with van der Waals surface area (Å²) in [6, 6.07) is 6.27. The molecule has 0 bridgehead atoms. The molecular weight excluding hydrogens is 408 g/mol. The summed E-state index contributed by atoms with van der Waals surface area (Å²) in [7, 11) is 2.01. The number of benzene rings is 2. The fourth-order valence-electron chi connectivity index (χ4n) is 5.08. The normalized spacial score (nSPS) is 20.5. The number of carbonyl (C=O) groups excluding carboxylic acids is 4. The lowest BCUT2D eigenvalue weighted by Gasteiger charge is -2.41. The van der Waals surface area contributed by atoms with E-state index in [-0.39, 0.29) is 17.9 Å². The van der Waals surface area contributed by atoms with Crippen LogP contribution in [0.5, 0.6) is 0 Å². The molecule has 0 N–H and O–H groups in total. The van der Waals surface area contributed by atoms with Crippen LogP contribution >= 0.6 is 0 Å². The third-order valence-electron chi connectivity index (χ3n) is 6.81. The molecule has 0 spiro atoms. The van der Waals surface area contributed by atoms with Crippen LogP contribution in [-0.4, -0.2) is 82.7 Å². The minimum atomic E-state index is -0.405. The molecular formula is C24H26N4O4. The van der Waals surface area contributed by atoms with Gasteiger partial charge >= 0.3 is 0 Å². The first kappa shape index (κ1) is 20.8. The molecule has 1 fully saturated rings. The van der Waals surface area contributed by atoms with Crippen molar-refractivity contribution in [1.82, 2.24) is 19.8 Å². The highest BCUT2D eigenvalue weighted by atomic mass is 16.2. The minimum absolute atomic E-state index is 0.230. The van der Waals surface area contributed by atoms with Gasteiger partial charge in [-0.05, 0) is 44.7 Å². The number of carbonyl (C=O) groups is 4. The molecule has 0 radical (unpaired) electrons. The lowest BCUT2D eigenvalue weighted by molar-refractivity contribution is -0.0218. The predicted molar refractivity (Wildman–Crippen MR) is 118 cm³/mol. The van der Waals surface area contributed by atoms with Crippen LogP contribution in [0.25, 0.3) is 10.8 Å². The van der Waals surface area contributed by atoms with E-state index in [1.807, 2.05) is 20.9 Å². The maximum absolute atomic E-state index is 13.4. The molecule has 0 aromatic heterocycles. The summed E-state index contributed by atoms with van der Waals surface area (Å²) in [6.45, 7) is 6.54. The summed E-state index contributed by atoms with van der Waals surface area (Å²) < 4.78 is 0. The van der Waals surface area contributed by atoms with Crippen LogP contribution in [0.3, 0.4) is 0 Å². The van der Waals surface area contributed by atoms with Gasteiger partial charge in [-0.1, -0.05) is 13.3 Å². The second-order valence-electron chi connectivity index (χ2n) is 8.87. The van der Waals surface area contributed by atoms with Crippen molar-refractivity contribution in [2.45, 2.75) is 32.7 Å². The highest BCUT2D eigenvalue weighted by Gasteiger charge is 2.42. The average molecular weight is 434 g/mol. The lowest BCUT2D eigenvalue weighted by atomic mass is 9.85. The zero-order chi connectivity index (χ0) is 22.7. The van der Waals surface area contributed by atoms with Gasteiger partial charge in [-0.15, -0.1) is 0 Å². The van der Waals surface area contributed by atoms with E-state index in [1.54, 1.807) is 29.3 Å². The van der Waals surface area contributed by atoms with Gasteiger partial charge in [-0.2, -0.15) is 0 Å². The summed E-state index contributed by atoms with van der Waals surface area (Å²) in [4.78, 5) is 56.8. The van der Waals surface area contributed by atoms with Crippen LogP contribution in [0.15, 0.2) is 24.3 Å². The van der Waals surface area contributed by atoms with Gasteiger partial charge in [-0.25, -0.2) is 10.0 Å². The fraction of sp³-hybridized carbons (Fsp3) is 0.417. The molecule has 166 valence electrons. The Kier molecular flexibility index (Phi) is 4.87. The van der Waals surface area contributed by atoms with Gasteiger partial charge in [0.25, 0.3) is 23.6 Å². The number of imide groups is 2. The molecule has 3 aliphatic rings. The Labute approximate surface area is 186 Å². The largest absolute Gasteiger partial charge is 0.304 e. The van der Waals surface area contributed by atoms with Crippen LogP contribution in [0.4, 0.5) is 0 Å². The first-order chi connectivity index (χ1) is 15.3. The number of likely N-dealkylation sites (N-methyl/N-ethyl adjacent to an activating group) is 1. The van der Waals surface area contributed by atoms with Crippen molar-refractivity contribution in [1.29, 1.82) is 0 Å². The predicted octanol–water partition coefficient (Wildman–Crippen LogP) is 2.38. The summed E-state index contributed by atoms with van der Waals surface area (Å²) in [6.07, 6.45) is 1.56. The number of rotatable bonds is 4. The van der Waals surface area contributed by atoms with Crippen molar-refractivity contribution in [3.05, 3.63) is 46.5 Å². The molecule has 3 aliphatic heterocycles. The maximum atomic E-state index is 13.4. The Hall–Kier alpha value is -3.10. The highest BCUT2D eigenvalue weighted by Crippen LogP contribution is 2.38. The quantitative estimate of drug-likeness (QED) is 0.688. The SMILES string of the molecule is CCCC(C)N1C(=O)c2ccc3c4c(ccc(c24)C1=O)C(=O)N(N1CCN(C)CC1)C3=O. The van der Waals surface area contributed by atoms with Gasteiger partial charge in [0, 0.05) is 54.1 Å². The van der Waals surface area contributed by atoms with Crippen molar-refractivity contribution < 1.29 is 19.2 Å². The molecule has 3 heterocycles. The van der Waals surface area contributed by atoms with Crippen molar-refractivity contribution in [2.24, 2.45) is 0 Å². The monoisotopic (exact) mass is 434 g/mol. The van der Waals surface area contributed by atoms with Gasteiger partial charge < -0.3 is 4.90 Å². The van der Waals surface area contributed by atoms with E-state index in [1.165, 1.54) is 9.91 Å². The van der Waals surface area contributed by atoms with E-state index < -0.39 is 11.8 Å². The van der Waals surface area contributed by atoms with E-state index in [0.29, 0.717) is 52.5 Å². The standard InChI is InChI=1S/C24H26N4O4/c1-4-5-14(2)27-21(29)15-6-8-17-20-18(9-7-16(19(15)20)22(27)30)24(32)28(23(17)31)26-12-10-25(3)11-13-26/h6-9,14H,4-5,10-13H2,1-3H3. The summed E-state index contributed by atoms with van der Waals surface area (Å²) in [5.74, 6) is -1.54. The Balaban J connectivity index is 1.64. The van der Waals surface area contributed by atoms with E-state index in [9.17, 15) is 19.2 Å². The second kappa shape index (κ2) is 7.50. The number of hydrogen-bond acceptors (Lipinski definition) is 6. The number of nitrogens with zero attached hydrogens (tertiary/aromatic N) is 4. The van der Waals surface area contributed by atoms with Gasteiger partial charge in [0.2, 0.25) is 0 Å². The van der Waals surface area contributed by atoms with Crippen LogP contribution in [0.1, 0.15) is 68.1 Å².